The fourth-order valence-electron chi connectivity index (χ4n) is 1.75. The van der Waals surface area contributed by atoms with Gasteiger partial charge in [0.1, 0.15) is 5.69 Å². The molecule has 0 atom stereocenters. The number of carbonyl (C=O) groups excluding carboxylic acids is 1. The number of anilines is 1. The number of hydrogen-bond donors (Lipinski definition) is 1. The summed E-state index contributed by atoms with van der Waals surface area (Å²) in [4.78, 5) is 12.2. The highest BCUT2D eigenvalue weighted by Gasteiger charge is 2.14. The number of rotatable bonds is 2. The summed E-state index contributed by atoms with van der Waals surface area (Å²) in [5.41, 5.74) is 2.89. The predicted octanol–water partition coefficient (Wildman–Crippen LogP) is 3.71. The van der Waals surface area contributed by atoms with Crippen LogP contribution in [0.1, 0.15) is 21.7 Å². The van der Waals surface area contributed by atoms with E-state index < -0.39 is 0 Å². The number of nitrogens with one attached hydrogen (secondary N) is 1. The van der Waals surface area contributed by atoms with Crippen LogP contribution in [0.5, 0.6) is 0 Å². The van der Waals surface area contributed by atoms with Crippen LogP contribution < -0.4 is 5.32 Å². The Labute approximate surface area is 124 Å². The van der Waals surface area contributed by atoms with Crippen molar-refractivity contribution in [2.24, 2.45) is 7.05 Å². The summed E-state index contributed by atoms with van der Waals surface area (Å²) >= 11 is 9.47. The van der Waals surface area contributed by atoms with Crippen molar-refractivity contribution in [3.05, 3.63) is 44.6 Å². The molecule has 0 saturated heterocycles. The van der Waals surface area contributed by atoms with Crippen molar-refractivity contribution in [1.82, 2.24) is 9.78 Å². The zero-order chi connectivity index (χ0) is 14.2. The number of benzene rings is 1. The molecule has 1 N–H and O–H groups in total. The van der Waals surface area contributed by atoms with Gasteiger partial charge in [-0.15, -0.1) is 0 Å². The number of hydrogen-bond acceptors (Lipinski definition) is 2. The van der Waals surface area contributed by atoms with Crippen LogP contribution in [-0.4, -0.2) is 15.7 Å². The first-order valence-corrected chi connectivity index (χ1v) is 6.83. The van der Waals surface area contributed by atoms with Crippen LogP contribution in [-0.2, 0) is 7.05 Å². The molecule has 0 bridgehead atoms. The van der Waals surface area contributed by atoms with E-state index in [2.05, 4.69) is 26.3 Å². The summed E-state index contributed by atoms with van der Waals surface area (Å²) < 4.78 is 2.34. The summed E-state index contributed by atoms with van der Waals surface area (Å²) in [6.45, 7) is 3.75. The molecule has 0 aliphatic rings. The molecule has 0 radical (unpaired) electrons. The fraction of sp³-hybridized carbons (Fsp3) is 0.231. The van der Waals surface area contributed by atoms with Gasteiger partial charge < -0.3 is 5.32 Å². The molecule has 4 nitrogen and oxygen atoms in total. The maximum absolute atomic E-state index is 12.2. The highest BCUT2D eigenvalue weighted by molar-refractivity contribution is 9.10. The van der Waals surface area contributed by atoms with Gasteiger partial charge in [0, 0.05) is 16.5 Å². The molecule has 0 aliphatic carbocycles. The van der Waals surface area contributed by atoms with Gasteiger partial charge in [-0.3, -0.25) is 9.48 Å². The number of nitrogens with zero attached hydrogens (tertiary/aromatic N) is 2. The van der Waals surface area contributed by atoms with Gasteiger partial charge in [-0.05, 0) is 53.5 Å². The summed E-state index contributed by atoms with van der Waals surface area (Å²) in [5, 5.41) is 7.57. The lowest BCUT2D eigenvalue weighted by Gasteiger charge is -2.09. The van der Waals surface area contributed by atoms with Crippen LogP contribution in [0.4, 0.5) is 5.69 Å². The predicted molar refractivity (Wildman–Crippen MR) is 79.8 cm³/mol. The lowest BCUT2D eigenvalue weighted by molar-refractivity contribution is 0.101. The van der Waals surface area contributed by atoms with Crippen LogP contribution >= 0.6 is 27.5 Å². The smallest absolute Gasteiger partial charge is 0.273 e. The summed E-state index contributed by atoms with van der Waals surface area (Å²) in [5.74, 6) is -0.219. The highest BCUT2D eigenvalue weighted by atomic mass is 79.9. The molecule has 100 valence electrons. The fourth-order valence-corrected chi connectivity index (χ4v) is 2.47. The summed E-state index contributed by atoms with van der Waals surface area (Å²) in [6, 6.07) is 5.33. The average Bonchev–Trinajstić information content (AvgIpc) is 2.65. The lowest BCUT2D eigenvalue weighted by atomic mass is 10.2. The molecule has 0 saturated carbocycles. The summed E-state index contributed by atoms with van der Waals surface area (Å²) in [6.07, 6.45) is 0. The van der Waals surface area contributed by atoms with E-state index in [4.69, 9.17) is 11.6 Å². The van der Waals surface area contributed by atoms with E-state index in [-0.39, 0.29) is 5.91 Å². The standard InChI is InChI=1S/C13H13BrClN3O/c1-7-4-9(14)11(6-10(7)15)16-13(19)12-5-8(2)17-18(12)3/h4-6H,1-3H3,(H,16,19). The first-order chi connectivity index (χ1) is 8.88. The van der Waals surface area contributed by atoms with Crippen molar-refractivity contribution in [2.75, 3.05) is 5.32 Å². The topological polar surface area (TPSA) is 46.9 Å². The SMILES string of the molecule is Cc1cc(C(=O)Nc2cc(Cl)c(C)cc2Br)n(C)n1. The van der Waals surface area contributed by atoms with Crippen LogP contribution in [0.25, 0.3) is 0 Å². The zero-order valence-electron chi connectivity index (χ0n) is 10.8. The van der Waals surface area contributed by atoms with Gasteiger partial charge in [0.15, 0.2) is 0 Å². The third-order valence-corrected chi connectivity index (χ3v) is 3.79. The van der Waals surface area contributed by atoms with Crippen molar-refractivity contribution >= 4 is 39.1 Å². The Kier molecular flexibility index (Phi) is 3.96. The Balaban J connectivity index is 2.29. The van der Waals surface area contributed by atoms with Gasteiger partial charge in [-0.2, -0.15) is 5.10 Å². The number of aromatic nitrogens is 2. The van der Waals surface area contributed by atoms with Crippen molar-refractivity contribution in [1.29, 1.82) is 0 Å². The molecule has 19 heavy (non-hydrogen) atoms. The Bertz CT molecular complexity index is 652. The van der Waals surface area contributed by atoms with Crippen molar-refractivity contribution < 1.29 is 4.79 Å². The van der Waals surface area contributed by atoms with E-state index in [0.29, 0.717) is 16.4 Å². The van der Waals surface area contributed by atoms with Gasteiger partial charge in [0.05, 0.1) is 11.4 Å². The largest absolute Gasteiger partial charge is 0.320 e. The Morgan fingerprint density at radius 3 is 2.63 bits per heavy atom. The van der Waals surface area contributed by atoms with E-state index >= 15 is 0 Å². The second-order valence-electron chi connectivity index (χ2n) is 4.33. The maximum atomic E-state index is 12.2. The number of carbonyl (C=O) groups is 1. The molecule has 1 aromatic carbocycles. The number of aryl methyl sites for hydroxylation is 3. The second kappa shape index (κ2) is 5.35. The Morgan fingerprint density at radius 2 is 2.05 bits per heavy atom. The van der Waals surface area contributed by atoms with Crippen LogP contribution in [0.2, 0.25) is 5.02 Å². The molecule has 0 unspecified atom stereocenters. The van der Waals surface area contributed by atoms with E-state index in [1.54, 1.807) is 23.9 Å². The van der Waals surface area contributed by atoms with Crippen LogP contribution in [0, 0.1) is 13.8 Å². The quantitative estimate of drug-likeness (QED) is 0.904. The van der Waals surface area contributed by atoms with Crippen LogP contribution in [0.15, 0.2) is 22.7 Å². The molecule has 2 aromatic rings. The minimum atomic E-state index is -0.219. The first kappa shape index (κ1) is 14.1. The number of halogens is 2. The molecule has 0 aliphatic heterocycles. The molecule has 1 amide bonds. The van der Waals surface area contributed by atoms with E-state index in [9.17, 15) is 4.79 Å². The monoisotopic (exact) mass is 341 g/mol. The average molecular weight is 343 g/mol. The molecular weight excluding hydrogens is 330 g/mol. The third-order valence-electron chi connectivity index (χ3n) is 2.73. The van der Waals surface area contributed by atoms with Gasteiger partial charge in [0.25, 0.3) is 5.91 Å². The lowest BCUT2D eigenvalue weighted by Crippen LogP contribution is -2.16. The first-order valence-electron chi connectivity index (χ1n) is 5.66. The number of amides is 1. The molecule has 6 heteroatoms. The minimum absolute atomic E-state index is 0.219. The van der Waals surface area contributed by atoms with Crippen molar-refractivity contribution in [3.8, 4) is 0 Å². The highest BCUT2D eigenvalue weighted by Crippen LogP contribution is 2.29. The van der Waals surface area contributed by atoms with Crippen molar-refractivity contribution in [3.63, 3.8) is 0 Å². The van der Waals surface area contributed by atoms with Gasteiger partial charge in [0.2, 0.25) is 0 Å². The molecule has 1 aromatic heterocycles. The van der Waals surface area contributed by atoms with E-state index in [1.165, 1.54) is 0 Å². The molecule has 0 spiro atoms. The molecule has 0 fully saturated rings. The van der Waals surface area contributed by atoms with Gasteiger partial charge >= 0.3 is 0 Å². The van der Waals surface area contributed by atoms with E-state index in [1.807, 2.05) is 19.9 Å². The van der Waals surface area contributed by atoms with Crippen molar-refractivity contribution in [2.45, 2.75) is 13.8 Å². The Hall–Kier alpha value is -1.33. The summed E-state index contributed by atoms with van der Waals surface area (Å²) in [7, 11) is 1.74. The second-order valence-corrected chi connectivity index (χ2v) is 5.59. The van der Waals surface area contributed by atoms with Gasteiger partial charge in [-0.1, -0.05) is 11.6 Å². The van der Waals surface area contributed by atoms with E-state index in [0.717, 1.165) is 15.7 Å². The molecule has 2 rings (SSSR count). The third kappa shape index (κ3) is 2.98. The zero-order valence-corrected chi connectivity index (χ0v) is 13.1. The van der Waals surface area contributed by atoms with Gasteiger partial charge in [-0.25, -0.2) is 0 Å². The normalized spacial score (nSPS) is 10.6. The molecule has 1 heterocycles. The van der Waals surface area contributed by atoms with Crippen LogP contribution in [0.3, 0.4) is 0 Å². The Morgan fingerprint density at radius 1 is 1.37 bits per heavy atom. The maximum Gasteiger partial charge on any atom is 0.273 e. The molecular formula is C13H13BrClN3O. The minimum Gasteiger partial charge on any atom is -0.320 e.